The quantitative estimate of drug-likeness (QED) is 0.0426. The molecule has 0 aliphatic heterocycles. The van der Waals surface area contributed by atoms with E-state index in [2.05, 4.69) is 34.7 Å². The van der Waals surface area contributed by atoms with Crippen LogP contribution in [0.25, 0.3) is 0 Å². The molecule has 0 amide bonds. The van der Waals surface area contributed by atoms with E-state index in [0.29, 0.717) is 0 Å². The molecule has 1 N–H and O–H groups in total. The fourth-order valence-electron chi connectivity index (χ4n) is 6.99. The van der Waals surface area contributed by atoms with Gasteiger partial charge in [0.25, 0.3) is 0 Å². The summed E-state index contributed by atoms with van der Waals surface area (Å²) in [5.74, 6) is 0. The Morgan fingerprint density at radius 1 is 0.349 bits per heavy atom. The Morgan fingerprint density at radius 2 is 0.535 bits per heavy atom. The fourth-order valence-corrected chi connectivity index (χ4v) is 6.99. The second kappa shape index (κ2) is 31.9. The monoisotopic (exact) mass is 609 g/mol. The van der Waals surface area contributed by atoms with Gasteiger partial charge in [-0.15, -0.1) is 0 Å². The molecule has 0 spiro atoms. The molecule has 2 nitrogen and oxygen atoms in total. The molecule has 260 valence electrons. The van der Waals surface area contributed by atoms with Crippen molar-refractivity contribution in [2.24, 2.45) is 0 Å². The van der Waals surface area contributed by atoms with E-state index in [1.807, 2.05) is 0 Å². The highest BCUT2D eigenvalue weighted by molar-refractivity contribution is 4.61. The van der Waals surface area contributed by atoms with Gasteiger partial charge in [-0.2, -0.15) is 0 Å². The van der Waals surface area contributed by atoms with E-state index in [-0.39, 0.29) is 0 Å². The van der Waals surface area contributed by atoms with Crippen molar-refractivity contribution in [2.75, 3.05) is 20.1 Å². The predicted octanol–water partition coefficient (Wildman–Crippen LogP) is 14.1. The molecule has 0 saturated heterocycles. The molecule has 0 aliphatic rings. The first-order chi connectivity index (χ1) is 20.9. The summed E-state index contributed by atoms with van der Waals surface area (Å²) >= 11 is 0. The van der Waals surface area contributed by atoms with Crippen molar-refractivity contribution >= 4 is 0 Å². The van der Waals surface area contributed by atoms with Gasteiger partial charge in [0.15, 0.2) is 5.72 Å². The van der Waals surface area contributed by atoms with Crippen molar-refractivity contribution in [3.8, 4) is 0 Å². The minimum Gasteiger partial charge on any atom is -0.343 e. The van der Waals surface area contributed by atoms with Gasteiger partial charge in [0.05, 0.1) is 20.1 Å². The van der Waals surface area contributed by atoms with Gasteiger partial charge >= 0.3 is 0 Å². The van der Waals surface area contributed by atoms with Crippen LogP contribution in [0, 0.1) is 0 Å². The summed E-state index contributed by atoms with van der Waals surface area (Å²) in [5.41, 5.74) is -0.592. The number of rotatable bonds is 36. The highest BCUT2D eigenvalue weighted by atomic mass is 16.3. The third kappa shape index (κ3) is 26.8. The lowest BCUT2D eigenvalue weighted by Gasteiger charge is -2.46. The molecule has 2 heteroatoms. The number of nitrogens with zero attached hydrogens (tertiary/aromatic N) is 1. The molecule has 0 radical (unpaired) electrons. The molecular weight excluding hydrogens is 522 g/mol. The summed E-state index contributed by atoms with van der Waals surface area (Å²) in [6, 6.07) is 0. The van der Waals surface area contributed by atoms with Crippen LogP contribution in [0.1, 0.15) is 240 Å². The summed E-state index contributed by atoms with van der Waals surface area (Å²) in [6.07, 6.45) is 46.3. The van der Waals surface area contributed by atoms with Crippen molar-refractivity contribution < 1.29 is 9.59 Å². The van der Waals surface area contributed by atoms with E-state index in [1.54, 1.807) is 0 Å². The Balaban J connectivity index is 3.74. The number of unbranched alkanes of at least 4 members (excludes halogenated alkanes) is 30. The molecule has 1 unspecified atom stereocenters. The lowest BCUT2D eigenvalue weighted by atomic mass is 10.0. The van der Waals surface area contributed by atoms with E-state index in [9.17, 15) is 5.11 Å². The molecule has 0 aromatic carbocycles. The molecular formula is C41H86NO+. The topological polar surface area (TPSA) is 20.2 Å². The first kappa shape index (κ1) is 42.9. The standard InChI is InChI=1S/C41H86NO/c1-6-9-11-13-15-17-19-21-23-25-27-29-31-33-35-37-39-42(5,41(4,43)8-3)40-38-36-34-32-30-28-26-24-22-20-18-16-14-12-10-7-2/h43H,6-40H2,1-5H3/q+1. The molecule has 43 heavy (non-hydrogen) atoms. The molecule has 0 rings (SSSR count). The van der Waals surface area contributed by atoms with Crippen LogP contribution in [-0.4, -0.2) is 35.5 Å². The Morgan fingerprint density at radius 3 is 0.721 bits per heavy atom. The molecule has 0 bridgehead atoms. The molecule has 0 aliphatic carbocycles. The number of hydrogen-bond acceptors (Lipinski definition) is 1. The van der Waals surface area contributed by atoms with Crippen molar-refractivity contribution in [1.82, 2.24) is 0 Å². The molecule has 0 saturated carbocycles. The Hall–Kier alpha value is -0.0800. The van der Waals surface area contributed by atoms with Crippen molar-refractivity contribution in [2.45, 2.75) is 245 Å². The normalized spacial score (nSPS) is 13.5. The van der Waals surface area contributed by atoms with Gasteiger partial charge in [0.2, 0.25) is 0 Å². The highest BCUT2D eigenvalue weighted by Gasteiger charge is 2.39. The van der Waals surface area contributed by atoms with Crippen molar-refractivity contribution in [1.29, 1.82) is 0 Å². The zero-order valence-corrected chi connectivity index (χ0v) is 31.1. The van der Waals surface area contributed by atoms with Gasteiger partial charge < -0.3 is 5.11 Å². The molecule has 0 fully saturated rings. The third-order valence-electron chi connectivity index (χ3n) is 10.8. The maximum Gasteiger partial charge on any atom is 0.197 e. The van der Waals surface area contributed by atoms with Gasteiger partial charge in [-0.1, -0.05) is 201 Å². The summed E-state index contributed by atoms with van der Waals surface area (Å²) in [4.78, 5) is 0. The minimum absolute atomic E-state index is 0.592. The summed E-state index contributed by atoms with van der Waals surface area (Å²) in [6.45, 7) is 11.1. The summed E-state index contributed by atoms with van der Waals surface area (Å²) in [7, 11) is 2.33. The number of hydrogen-bond donors (Lipinski definition) is 1. The SMILES string of the molecule is CCCCCCCCCCCCCCCCCC[N+](C)(CCCCCCCCCCCCCCCCCC)C(C)(O)CC. The lowest BCUT2D eigenvalue weighted by molar-refractivity contribution is -0.982. The highest BCUT2D eigenvalue weighted by Crippen LogP contribution is 2.27. The van der Waals surface area contributed by atoms with E-state index in [4.69, 9.17) is 0 Å². The second-order valence-corrected chi connectivity index (χ2v) is 15.0. The van der Waals surface area contributed by atoms with Crippen LogP contribution in [0.15, 0.2) is 0 Å². The zero-order chi connectivity index (χ0) is 31.7. The van der Waals surface area contributed by atoms with Crippen LogP contribution in [0.3, 0.4) is 0 Å². The van der Waals surface area contributed by atoms with Gasteiger partial charge in [0.1, 0.15) is 0 Å². The first-order valence-electron chi connectivity index (χ1n) is 20.5. The van der Waals surface area contributed by atoms with Gasteiger partial charge in [-0.3, -0.25) is 4.48 Å². The summed E-state index contributed by atoms with van der Waals surface area (Å²) < 4.78 is 0.848. The van der Waals surface area contributed by atoms with Crippen LogP contribution in [0.2, 0.25) is 0 Å². The van der Waals surface area contributed by atoms with Gasteiger partial charge in [-0.25, -0.2) is 0 Å². The van der Waals surface area contributed by atoms with Crippen molar-refractivity contribution in [3.63, 3.8) is 0 Å². The van der Waals surface area contributed by atoms with E-state index < -0.39 is 5.72 Å². The largest absolute Gasteiger partial charge is 0.343 e. The van der Waals surface area contributed by atoms with Crippen LogP contribution >= 0.6 is 0 Å². The van der Waals surface area contributed by atoms with E-state index >= 15 is 0 Å². The maximum absolute atomic E-state index is 11.3. The average Bonchev–Trinajstić information content (AvgIpc) is 3.00. The number of aliphatic hydroxyl groups is 1. The van der Waals surface area contributed by atoms with Crippen LogP contribution < -0.4 is 0 Å². The van der Waals surface area contributed by atoms with Crippen molar-refractivity contribution in [3.05, 3.63) is 0 Å². The fraction of sp³-hybridized carbons (Fsp3) is 1.00. The van der Waals surface area contributed by atoms with Crippen LogP contribution in [0.5, 0.6) is 0 Å². The molecule has 0 aromatic rings. The van der Waals surface area contributed by atoms with E-state index in [0.717, 1.165) is 24.0 Å². The second-order valence-electron chi connectivity index (χ2n) is 15.0. The third-order valence-corrected chi connectivity index (χ3v) is 10.8. The summed E-state index contributed by atoms with van der Waals surface area (Å²) in [5, 5.41) is 11.3. The number of quaternary nitrogens is 1. The molecule has 1 atom stereocenters. The lowest BCUT2D eigenvalue weighted by Crippen LogP contribution is -2.61. The molecule has 0 heterocycles. The maximum atomic E-state index is 11.3. The van der Waals surface area contributed by atoms with Gasteiger partial charge in [-0.05, 0) is 25.7 Å². The predicted molar refractivity (Wildman–Crippen MR) is 196 cm³/mol. The minimum atomic E-state index is -0.592. The Bertz CT molecular complexity index is 494. The van der Waals surface area contributed by atoms with Crippen LogP contribution in [-0.2, 0) is 0 Å². The van der Waals surface area contributed by atoms with Crippen LogP contribution in [0.4, 0.5) is 0 Å². The smallest absolute Gasteiger partial charge is 0.197 e. The van der Waals surface area contributed by atoms with Gasteiger partial charge in [0, 0.05) is 13.3 Å². The Kier molecular flexibility index (Phi) is 31.8. The van der Waals surface area contributed by atoms with E-state index in [1.165, 1.54) is 205 Å². The molecule has 0 aromatic heterocycles. The Labute approximate surface area is 274 Å². The average molecular weight is 609 g/mol. The zero-order valence-electron chi connectivity index (χ0n) is 31.1. The first-order valence-corrected chi connectivity index (χ1v) is 20.5.